The third-order valence-electron chi connectivity index (χ3n) is 3.79. The normalized spacial score (nSPS) is 18.0. The van der Waals surface area contributed by atoms with Crippen LogP contribution in [0.15, 0.2) is 48.8 Å². The van der Waals surface area contributed by atoms with Gasteiger partial charge in [-0.05, 0) is 18.2 Å². The van der Waals surface area contributed by atoms with Gasteiger partial charge in [-0.3, -0.25) is 9.97 Å². The molecule has 0 amide bonds. The first-order valence-electron chi connectivity index (χ1n) is 6.89. The lowest BCUT2D eigenvalue weighted by atomic mass is 9.99. The SMILES string of the molecule is CN1SNc2c(ccc3cccnc23)C1c1ccc(F)cn1. The van der Waals surface area contributed by atoms with Crippen molar-refractivity contribution in [2.45, 2.75) is 6.04 Å². The maximum atomic E-state index is 13.2. The van der Waals surface area contributed by atoms with Gasteiger partial charge in [0.1, 0.15) is 5.82 Å². The van der Waals surface area contributed by atoms with E-state index < -0.39 is 0 Å². The zero-order valence-electron chi connectivity index (χ0n) is 11.8. The van der Waals surface area contributed by atoms with E-state index in [4.69, 9.17) is 0 Å². The Hall–Kier alpha value is -2.18. The summed E-state index contributed by atoms with van der Waals surface area (Å²) in [6.45, 7) is 0. The van der Waals surface area contributed by atoms with Crippen LogP contribution in [0.5, 0.6) is 0 Å². The zero-order valence-corrected chi connectivity index (χ0v) is 12.6. The first-order valence-corrected chi connectivity index (χ1v) is 7.66. The van der Waals surface area contributed by atoms with Crippen molar-refractivity contribution in [1.29, 1.82) is 0 Å². The van der Waals surface area contributed by atoms with Gasteiger partial charge in [0.2, 0.25) is 0 Å². The van der Waals surface area contributed by atoms with Crippen LogP contribution in [0.2, 0.25) is 0 Å². The van der Waals surface area contributed by atoms with Crippen LogP contribution in [-0.2, 0) is 0 Å². The number of hydrogen-bond acceptors (Lipinski definition) is 5. The number of nitrogens with one attached hydrogen (secondary N) is 1. The molecule has 1 aliphatic rings. The van der Waals surface area contributed by atoms with Gasteiger partial charge in [0.15, 0.2) is 0 Å². The summed E-state index contributed by atoms with van der Waals surface area (Å²) in [6.07, 6.45) is 3.05. The average Bonchev–Trinajstić information content (AvgIpc) is 2.55. The minimum atomic E-state index is -0.326. The predicted octanol–water partition coefficient (Wildman–Crippen LogP) is 3.78. The van der Waals surface area contributed by atoms with Crippen LogP contribution in [0.3, 0.4) is 0 Å². The maximum absolute atomic E-state index is 13.2. The summed E-state index contributed by atoms with van der Waals surface area (Å²) in [5.41, 5.74) is 3.84. The minimum Gasteiger partial charge on any atom is -0.314 e. The summed E-state index contributed by atoms with van der Waals surface area (Å²) in [7, 11) is 1.99. The van der Waals surface area contributed by atoms with Crippen LogP contribution < -0.4 is 4.72 Å². The molecule has 1 unspecified atom stereocenters. The minimum absolute atomic E-state index is 0.0479. The highest BCUT2D eigenvalue weighted by Gasteiger charge is 2.29. The van der Waals surface area contributed by atoms with Crippen molar-refractivity contribution in [1.82, 2.24) is 14.3 Å². The molecule has 3 heterocycles. The van der Waals surface area contributed by atoms with Crippen molar-refractivity contribution in [3.63, 3.8) is 0 Å². The number of fused-ring (bicyclic) bond motifs is 3. The number of anilines is 1. The molecule has 4 nitrogen and oxygen atoms in total. The molecule has 22 heavy (non-hydrogen) atoms. The number of rotatable bonds is 1. The Morgan fingerprint density at radius 1 is 1.18 bits per heavy atom. The van der Waals surface area contributed by atoms with Crippen molar-refractivity contribution in [2.24, 2.45) is 0 Å². The lowest BCUT2D eigenvalue weighted by Crippen LogP contribution is -2.26. The highest BCUT2D eigenvalue weighted by molar-refractivity contribution is 7.98. The Labute approximate surface area is 131 Å². The molecule has 2 aromatic heterocycles. The summed E-state index contributed by atoms with van der Waals surface area (Å²) < 4.78 is 18.6. The predicted molar refractivity (Wildman–Crippen MR) is 86.8 cm³/mol. The third-order valence-corrected chi connectivity index (χ3v) is 4.58. The Bertz CT molecular complexity index is 837. The second-order valence-corrected chi connectivity index (χ2v) is 6.11. The Kier molecular flexibility index (Phi) is 3.20. The molecule has 0 radical (unpaired) electrons. The number of pyridine rings is 2. The number of nitrogens with zero attached hydrogens (tertiary/aromatic N) is 3. The second kappa shape index (κ2) is 5.23. The fourth-order valence-corrected chi connectivity index (χ4v) is 3.53. The number of benzene rings is 1. The topological polar surface area (TPSA) is 41.0 Å². The Morgan fingerprint density at radius 3 is 2.91 bits per heavy atom. The first kappa shape index (κ1) is 13.5. The lowest BCUT2D eigenvalue weighted by molar-refractivity contribution is 0.467. The maximum Gasteiger partial charge on any atom is 0.141 e. The summed E-state index contributed by atoms with van der Waals surface area (Å²) >= 11 is 1.49. The molecule has 0 spiro atoms. The molecule has 1 atom stereocenters. The molecule has 3 aromatic rings. The van der Waals surface area contributed by atoms with Gasteiger partial charge in [-0.1, -0.05) is 18.2 Å². The largest absolute Gasteiger partial charge is 0.314 e. The van der Waals surface area contributed by atoms with Crippen molar-refractivity contribution >= 4 is 28.7 Å². The monoisotopic (exact) mass is 312 g/mol. The Morgan fingerprint density at radius 2 is 2.09 bits per heavy atom. The van der Waals surface area contributed by atoms with Gasteiger partial charge in [0, 0.05) is 36.3 Å². The van der Waals surface area contributed by atoms with E-state index in [0.717, 1.165) is 27.8 Å². The van der Waals surface area contributed by atoms with Gasteiger partial charge in [0.25, 0.3) is 0 Å². The van der Waals surface area contributed by atoms with Gasteiger partial charge >= 0.3 is 0 Å². The van der Waals surface area contributed by atoms with E-state index in [2.05, 4.69) is 31.1 Å². The summed E-state index contributed by atoms with van der Waals surface area (Å²) in [4.78, 5) is 8.74. The molecule has 0 bridgehead atoms. The third kappa shape index (κ3) is 2.12. The lowest BCUT2D eigenvalue weighted by Gasteiger charge is -2.33. The fourth-order valence-electron chi connectivity index (χ4n) is 2.76. The molecule has 1 aromatic carbocycles. The van der Waals surface area contributed by atoms with Crippen LogP contribution in [0, 0.1) is 5.82 Å². The van der Waals surface area contributed by atoms with Crippen LogP contribution in [-0.4, -0.2) is 21.3 Å². The molecular formula is C16H13FN4S. The van der Waals surface area contributed by atoms with Crippen LogP contribution >= 0.6 is 12.1 Å². The Balaban J connectivity index is 1.91. The quantitative estimate of drug-likeness (QED) is 0.693. The van der Waals surface area contributed by atoms with Gasteiger partial charge in [-0.25, -0.2) is 8.70 Å². The highest BCUT2D eigenvalue weighted by Crippen LogP contribution is 2.43. The van der Waals surface area contributed by atoms with Crippen LogP contribution in [0.25, 0.3) is 10.9 Å². The molecule has 0 saturated carbocycles. The van der Waals surface area contributed by atoms with Gasteiger partial charge in [-0.2, -0.15) is 0 Å². The summed E-state index contributed by atoms with van der Waals surface area (Å²) in [5.74, 6) is -0.326. The van der Waals surface area contributed by atoms with Crippen molar-refractivity contribution in [3.05, 3.63) is 65.9 Å². The van der Waals surface area contributed by atoms with Crippen molar-refractivity contribution < 1.29 is 4.39 Å². The van der Waals surface area contributed by atoms with Gasteiger partial charge < -0.3 is 4.72 Å². The van der Waals surface area contributed by atoms with E-state index in [0.29, 0.717) is 0 Å². The molecule has 1 aliphatic heterocycles. The van der Waals surface area contributed by atoms with Crippen molar-refractivity contribution in [2.75, 3.05) is 11.8 Å². The average molecular weight is 312 g/mol. The molecule has 0 fully saturated rings. The first-order chi connectivity index (χ1) is 10.7. The number of aromatic nitrogens is 2. The highest BCUT2D eigenvalue weighted by atomic mass is 32.2. The van der Waals surface area contributed by atoms with E-state index in [1.807, 2.05) is 19.2 Å². The molecule has 0 saturated heterocycles. The van der Waals surface area contributed by atoms with E-state index in [1.165, 1.54) is 24.4 Å². The van der Waals surface area contributed by atoms with Crippen LogP contribution in [0.1, 0.15) is 17.3 Å². The van der Waals surface area contributed by atoms with E-state index in [9.17, 15) is 4.39 Å². The van der Waals surface area contributed by atoms with E-state index >= 15 is 0 Å². The standard InChI is InChI=1S/C16H13FN4S/c1-21-16(13-7-5-11(17)9-19-13)12-6-4-10-3-2-8-18-14(10)15(12)20-22-21/h2-9,16,20H,1H3. The molecule has 4 rings (SSSR count). The molecule has 6 heteroatoms. The number of halogens is 1. The van der Waals surface area contributed by atoms with Gasteiger partial charge in [0.05, 0.1) is 29.1 Å². The fraction of sp³-hybridized carbons (Fsp3) is 0.125. The van der Waals surface area contributed by atoms with Gasteiger partial charge in [-0.15, -0.1) is 0 Å². The zero-order chi connectivity index (χ0) is 15.1. The van der Waals surface area contributed by atoms with Crippen LogP contribution in [0.4, 0.5) is 10.1 Å². The van der Waals surface area contributed by atoms with E-state index in [-0.39, 0.29) is 11.9 Å². The smallest absolute Gasteiger partial charge is 0.141 e. The summed E-state index contributed by atoms with van der Waals surface area (Å²) in [5, 5.41) is 1.09. The molecule has 0 aliphatic carbocycles. The molecule has 1 N–H and O–H groups in total. The molecular weight excluding hydrogens is 299 g/mol. The second-order valence-electron chi connectivity index (χ2n) is 5.15. The van der Waals surface area contributed by atoms with Crippen molar-refractivity contribution in [3.8, 4) is 0 Å². The molecule has 110 valence electrons. The number of hydrogen-bond donors (Lipinski definition) is 1. The summed E-state index contributed by atoms with van der Waals surface area (Å²) in [6, 6.07) is 11.2. The van der Waals surface area contributed by atoms with E-state index in [1.54, 1.807) is 12.3 Å².